The highest BCUT2D eigenvalue weighted by Gasteiger charge is 2.35. The Morgan fingerprint density at radius 2 is 1.76 bits per heavy atom. The van der Waals surface area contributed by atoms with Gasteiger partial charge in [0.15, 0.2) is 0 Å². The largest absolute Gasteiger partial charge is 0.354 e. The molecule has 2 aromatic rings. The van der Waals surface area contributed by atoms with Gasteiger partial charge in [0, 0.05) is 13.1 Å². The van der Waals surface area contributed by atoms with E-state index in [1.807, 2.05) is 44.2 Å². The van der Waals surface area contributed by atoms with Gasteiger partial charge >= 0.3 is 0 Å². The number of hydrogen-bond acceptors (Lipinski definition) is 4. The number of carbonyl (C=O) groups is 3. The molecule has 3 amide bonds. The zero-order valence-electron chi connectivity index (χ0n) is 16.1. The molecule has 0 spiro atoms. The Hall–Kier alpha value is -2.93. The van der Waals surface area contributed by atoms with Crippen LogP contribution >= 0.6 is 11.8 Å². The Morgan fingerprint density at radius 3 is 2.41 bits per heavy atom. The predicted molar refractivity (Wildman–Crippen MR) is 112 cm³/mol. The number of halogens is 1. The number of imide groups is 1. The van der Waals surface area contributed by atoms with Crippen molar-refractivity contribution in [1.82, 2.24) is 10.2 Å². The third-order valence-electron chi connectivity index (χ3n) is 4.73. The fourth-order valence-electron chi connectivity index (χ4n) is 2.89. The molecule has 0 bridgehead atoms. The number of benzene rings is 2. The number of carbonyl (C=O) groups excluding carboxylic acids is 3. The molecule has 7 heteroatoms. The molecule has 0 unspecified atom stereocenters. The van der Waals surface area contributed by atoms with Crippen molar-refractivity contribution in [2.24, 2.45) is 0 Å². The van der Waals surface area contributed by atoms with Gasteiger partial charge in [0.25, 0.3) is 11.1 Å². The van der Waals surface area contributed by atoms with Gasteiger partial charge in [-0.3, -0.25) is 19.3 Å². The van der Waals surface area contributed by atoms with Crippen LogP contribution in [0.3, 0.4) is 0 Å². The van der Waals surface area contributed by atoms with Gasteiger partial charge in [0.2, 0.25) is 5.91 Å². The molecule has 150 valence electrons. The van der Waals surface area contributed by atoms with Crippen LogP contribution in [0.25, 0.3) is 6.08 Å². The average Bonchev–Trinajstić information content (AvgIpc) is 2.97. The van der Waals surface area contributed by atoms with Crippen LogP contribution in [0.1, 0.15) is 25.0 Å². The highest BCUT2D eigenvalue weighted by Crippen LogP contribution is 2.32. The summed E-state index contributed by atoms with van der Waals surface area (Å²) in [6.45, 7) is 3.89. The Morgan fingerprint density at radius 1 is 1.10 bits per heavy atom. The van der Waals surface area contributed by atoms with E-state index in [1.54, 1.807) is 6.08 Å². The molecule has 0 aromatic heterocycles. The minimum atomic E-state index is -0.733. The summed E-state index contributed by atoms with van der Waals surface area (Å²) < 4.78 is 13.0. The van der Waals surface area contributed by atoms with E-state index < -0.39 is 11.3 Å². The third kappa shape index (κ3) is 4.74. The van der Waals surface area contributed by atoms with Gasteiger partial charge < -0.3 is 5.32 Å². The van der Waals surface area contributed by atoms with Crippen LogP contribution in [0.5, 0.6) is 0 Å². The fraction of sp³-hybridized carbons (Fsp3) is 0.227. The maximum Gasteiger partial charge on any atom is 0.293 e. The molecule has 29 heavy (non-hydrogen) atoms. The van der Waals surface area contributed by atoms with Crippen molar-refractivity contribution in [2.45, 2.75) is 19.3 Å². The molecule has 5 nitrogen and oxygen atoms in total. The summed E-state index contributed by atoms with van der Waals surface area (Å²) in [4.78, 5) is 38.7. The molecular formula is C22H21FN2O3S. The highest BCUT2D eigenvalue weighted by molar-refractivity contribution is 8.18. The lowest BCUT2D eigenvalue weighted by molar-refractivity contribution is -0.126. The Labute approximate surface area is 173 Å². The van der Waals surface area contributed by atoms with Gasteiger partial charge in [-0.25, -0.2) is 4.39 Å². The minimum absolute atomic E-state index is 0.0854. The molecular weight excluding hydrogens is 391 g/mol. The van der Waals surface area contributed by atoms with Crippen molar-refractivity contribution < 1.29 is 18.8 Å². The Bertz CT molecular complexity index is 956. The van der Waals surface area contributed by atoms with Crippen LogP contribution in [0, 0.1) is 5.82 Å². The minimum Gasteiger partial charge on any atom is -0.354 e. The number of hydrogen-bond donors (Lipinski definition) is 1. The lowest BCUT2D eigenvalue weighted by Crippen LogP contribution is -2.44. The van der Waals surface area contributed by atoms with E-state index in [2.05, 4.69) is 5.32 Å². The maximum absolute atomic E-state index is 13.0. The van der Waals surface area contributed by atoms with E-state index in [4.69, 9.17) is 0 Å². The van der Waals surface area contributed by atoms with Crippen molar-refractivity contribution in [2.75, 3.05) is 13.1 Å². The van der Waals surface area contributed by atoms with E-state index in [1.165, 1.54) is 24.3 Å². The molecule has 1 aliphatic heterocycles. The van der Waals surface area contributed by atoms with Crippen LogP contribution in [0.15, 0.2) is 59.5 Å². The molecule has 0 atom stereocenters. The van der Waals surface area contributed by atoms with E-state index in [-0.39, 0.29) is 35.0 Å². The average molecular weight is 412 g/mol. The highest BCUT2D eigenvalue weighted by atomic mass is 32.2. The summed E-state index contributed by atoms with van der Waals surface area (Å²) in [6.07, 6.45) is 1.56. The number of amides is 3. The first kappa shape index (κ1) is 20.8. The summed E-state index contributed by atoms with van der Waals surface area (Å²) in [5, 5.41) is 2.42. The third-order valence-corrected chi connectivity index (χ3v) is 5.63. The van der Waals surface area contributed by atoms with Crippen molar-refractivity contribution in [3.05, 3.63) is 76.4 Å². The molecule has 1 saturated heterocycles. The van der Waals surface area contributed by atoms with Crippen molar-refractivity contribution >= 4 is 34.9 Å². The second kappa shape index (κ2) is 8.61. The second-order valence-electron chi connectivity index (χ2n) is 7.13. The number of thioether (sulfide) groups is 1. The molecule has 1 heterocycles. The summed E-state index contributed by atoms with van der Waals surface area (Å²) in [7, 11) is 0. The van der Waals surface area contributed by atoms with Gasteiger partial charge in [0.05, 0.1) is 10.3 Å². The van der Waals surface area contributed by atoms with Crippen molar-refractivity contribution in [1.29, 1.82) is 0 Å². The topological polar surface area (TPSA) is 66.5 Å². The Balaban J connectivity index is 1.59. The standard InChI is InChI=1S/C22H21FN2O3S/c1-22(2,16-6-4-3-5-7-16)20(27)24-12-13-25-19(26)18(29-21(25)28)14-15-8-10-17(23)11-9-15/h3-11,14H,12-13H2,1-2H3,(H,24,27)/b18-14-. The van der Waals surface area contributed by atoms with Crippen LogP contribution < -0.4 is 5.32 Å². The summed E-state index contributed by atoms with van der Waals surface area (Å²) in [5.41, 5.74) is 0.781. The molecule has 1 aliphatic rings. The molecule has 2 aromatic carbocycles. The lowest BCUT2D eigenvalue weighted by atomic mass is 9.84. The second-order valence-corrected chi connectivity index (χ2v) is 8.13. The summed E-state index contributed by atoms with van der Waals surface area (Å²) >= 11 is 0.834. The first-order chi connectivity index (χ1) is 13.8. The SMILES string of the molecule is CC(C)(C(=O)NCCN1C(=O)S/C(=C\c2ccc(F)cc2)C1=O)c1ccccc1. The molecule has 0 aliphatic carbocycles. The van der Waals surface area contributed by atoms with E-state index >= 15 is 0 Å². The predicted octanol–water partition coefficient (Wildman–Crippen LogP) is 3.96. The monoisotopic (exact) mass is 412 g/mol. The molecule has 1 N–H and O–H groups in total. The molecule has 1 fully saturated rings. The van der Waals surface area contributed by atoms with Crippen LogP contribution in [0.2, 0.25) is 0 Å². The number of nitrogens with zero attached hydrogens (tertiary/aromatic N) is 1. The van der Waals surface area contributed by atoms with E-state index in [0.717, 1.165) is 22.2 Å². The van der Waals surface area contributed by atoms with Gasteiger partial charge in [-0.15, -0.1) is 0 Å². The molecule has 0 radical (unpaired) electrons. The first-order valence-electron chi connectivity index (χ1n) is 9.14. The van der Waals surface area contributed by atoms with Crippen LogP contribution in [0.4, 0.5) is 9.18 Å². The normalized spacial score (nSPS) is 15.8. The first-order valence-corrected chi connectivity index (χ1v) is 9.95. The maximum atomic E-state index is 13.0. The van der Waals surface area contributed by atoms with Crippen molar-refractivity contribution in [3.8, 4) is 0 Å². The fourth-order valence-corrected chi connectivity index (χ4v) is 3.76. The van der Waals surface area contributed by atoms with Crippen molar-refractivity contribution in [3.63, 3.8) is 0 Å². The van der Waals surface area contributed by atoms with E-state index in [0.29, 0.717) is 5.56 Å². The number of rotatable bonds is 6. The van der Waals surface area contributed by atoms with Crippen LogP contribution in [-0.4, -0.2) is 35.0 Å². The summed E-state index contributed by atoms with van der Waals surface area (Å²) in [6, 6.07) is 15.1. The van der Waals surface area contributed by atoms with E-state index in [9.17, 15) is 18.8 Å². The molecule has 3 rings (SSSR count). The van der Waals surface area contributed by atoms with Gasteiger partial charge in [0.1, 0.15) is 5.82 Å². The Kier molecular flexibility index (Phi) is 6.17. The van der Waals surface area contributed by atoms with Gasteiger partial charge in [-0.05, 0) is 54.9 Å². The quantitative estimate of drug-likeness (QED) is 0.730. The smallest absolute Gasteiger partial charge is 0.293 e. The lowest BCUT2D eigenvalue weighted by Gasteiger charge is -2.24. The van der Waals surface area contributed by atoms with Gasteiger partial charge in [-0.2, -0.15) is 0 Å². The van der Waals surface area contributed by atoms with Gasteiger partial charge in [-0.1, -0.05) is 42.5 Å². The zero-order valence-corrected chi connectivity index (χ0v) is 17.0. The van der Waals surface area contributed by atoms with Crippen LogP contribution in [-0.2, 0) is 15.0 Å². The number of nitrogens with one attached hydrogen (secondary N) is 1. The summed E-state index contributed by atoms with van der Waals surface area (Å²) in [5.74, 6) is -0.970. The molecule has 0 saturated carbocycles. The zero-order chi connectivity index (χ0) is 21.0.